The molecule has 0 spiro atoms. The normalized spacial score (nSPS) is 18.7. The number of nitrogens with one attached hydrogen (secondary N) is 1. The number of hydrogen-bond donors (Lipinski definition) is 1. The van der Waals surface area contributed by atoms with E-state index in [4.69, 9.17) is 13.9 Å². The summed E-state index contributed by atoms with van der Waals surface area (Å²) < 4.78 is 16.8. The van der Waals surface area contributed by atoms with Crippen LogP contribution in [0.4, 0.5) is 0 Å². The monoisotopic (exact) mass is 381 g/mol. The number of rotatable bonds is 5. The summed E-state index contributed by atoms with van der Waals surface area (Å²) in [5.74, 6) is 0.798. The van der Waals surface area contributed by atoms with Gasteiger partial charge in [0.25, 0.3) is 5.91 Å². The van der Waals surface area contributed by atoms with Gasteiger partial charge in [-0.1, -0.05) is 6.07 Å². The third-order valence-electron chi connectivity index (χ3n) is 4.75. The summed E-state index contributed by atoms with van der Waals surface area (Å²) in [6.07, 6.45) is 4.68. The Hall–Kier alpha value is -2.93. The SMILES string of the molecule is CC1(C)C[C@H](NC(=O)c2coc(COc3ccc4ncccc4c3)n2)CCO1. The number of amides is 1. The molecule has 2 aromatic heterocycles. The van der Waals surface area contributed by atoms with Gasteiger partial charge < -0.3 is 19.2 Å². The molecule has 1 aliphatic heterocycles. The molecule has 0 bridgehead atoms. The Morgan fingerprint density at radius 2 is 2.25 bits per heavy atom. The number of benzene rings is 1. The topological polar surface area (TPSA) is 86.5 Å². The summed E-state index contributed by atoms with van der Waals surface area (Å²) in [6.45, 7) is 4.83. The van der Waals surface area contributed by atoms with Crippen molar-refractivity contribution in [2.45, 2.75) is 44.9 Å². The van der Waals surface area contributed by atoms with Crippen LogP contribution in [-0.4, -0.2) is 34.1 Å². The third kappa shape index (κ3) is 4.31. The fourth-order valence-corrected chi connectivity index (χ4v) is 3.38. The smallest absolute Gasteiger partial charge is 0.273 e. The zero-order chi connectivity index (χ0) is 19.6. The Morgan fingerprint density at radius 3 is 3.11 bits per heavy atom. The maximum Gasteiger partial charge on any atom is 0.273 e. The van der Waals surface area contributed by atoms with E-state index < -0.39 is 0 Å². The van der Waals surface area contributed by atoms with Gasteiger partial charge >= 0.3 is 0 Å². The minimum absolute atomic E-state index is 0.0684. The van der Waals surface area contributed by atoms with Crippen molar-refractivity contribution >= 4 is 16.8 Å². The van der Waals surface area contributed by atoms with Gasteiger partial charge in [-0.3, -0.25) is 9.78 Å². The van der Waals surface area contributed by atoms with Gasteiger partial charge in [0.2, 0.25) is 5.89 Å². The Bertz CT molecular complexity index is 982. The predicted octanol–water partition coefficient (Wildman–Crippen LogP) is 3.49. The summed E-state index contributed by atoms with van der Waals surface area (Å²) in [5.41, 5.74) is 0.931. The lowest BCUT2D eigenvalue weighted by molar-refractivity contribution is -0.0615. The first-order valence-electron chi connectivity index (χ1n) is 9.35. The summed E-state index contributed by atoms with van der Waals surface area (Å²) in [4.78, 5) is 21.0. The zero-order valence-electron chi connectivity index (χ0n) is 16.0. The quantitative estimate of drug-likeness (QED) is 0.728. The van der Waals surface area contributed by atoms with Crippen molar-refractivity contribution in [1.82, 2.24) is 15.3 Å². The molecule has 3 aromatic rings. The molecule has 28 heavy (non-hydrogen) atoms. The van der Waals surface area contributed by atoms with E-state index in [-0.39, 0.29) is 29.9 Å². The standard InChI is InChI=1S/C21H23N3O4/c1-21(2)11-15(7-9-28-21)23-20(25)18-12-27-19(24-18)13-26-16-5-6-17-14(10-16)4-3-8-22-17/h3-6,8,10,12,15H,7,9,11,13H2,1-2H3,(H,23,25)/t15-/m1/s1. The predicted molar refractivity (Wildman–Crippen MR) is 103 cm³/mol. The number of carbonyl (C=O) groups excluding carboxylic acids is 1. The molecule has 1 saturated heterocycles. The van der Waals surface area contributed by atoms with E-state index in [2.05, 4.69) is 15.3 Å². The molecule has 0 unspecified atom stereocenters. The number of ether oxygens (including phenoxy) is 2. The Kier molecular flexibility index (Phi) is 5.00. The third-order valence-corrected chi connectivity index (χ3v) is 4.75. The molecule has 0 saturated carbocycles. The molecule has 0 aliphatic carbocycles. The molecule has 1 fully saturated rings. The maximum atomic E-state index is 12.4. The average molecular weight is 381 g/mol. The average Bonchev–Trinajstić information content (AvgIpc) is 3.15. The molecule has 7 nitrogen and oxygen atoms in total. The fraction of sp³-hybridized carbons (Fsp3) is 0.381. The van der Waals surface area contributed by atoms with E-state index in [1.54, 1.807) is 6.20 Å². The lowest BCUT2D eigenvalue weighted by atomic mass is 9.94. The molecule has 7 heteroatoms. The van der Waals surface area contributed by atoms with Gasteiger partial charge in [0.1, 0.15) is 12.0 Å². The van der Waals surface area contributed by atoms with Crippen LogP contribution in [0.1, 0.15) is 43.1 Å². The first kappa shape index (κ1) is 18.4. The Balaban J connectivity index is 1.35. The number of pyridine rings is 1. The highest BCUT2D eigenvalue weighted by Crippen LogP contribution is 2.24. The Labute approximate surface area is 163 Å². The number of aromatic nitrogens is 2. The van der Waals surface area contributed by atoms with Crippen LogP contribution in [0.15, 0.2) is 47.2 Å². The molecule has 3 heterocycles. The molecule has 1 atom stereocenters. The van der Waals surface area contributed by atoms with Crippen LogP contribution in [-0.2, 0) is 11.3 Å². The highest BCUT2D eigenvalue weighted by molar-refractivity contribution is 5.92. The number of nitrogens with zero attached hydrogens (tertiary/aromatic N) is 2. The van der Waals surface area contributed by atoms with Gasteiger partial charge in [0.15, 0.2) is 12.3 Å². The van der Waals surface area contributed by atoms with E-state index in [0.717, 1.165) is 23.7 Å². The molecule has 4 rings (SSSR count). The van der Waals surface area contributed by atoms with Crippen LogP contribution in [0.3, 0.4) is 0 Å². The van der Waals surface area contributed by atoms with E-state index in [0.29, 0.717) is 18.2 Å². The number of hydrogen-bond acceptors (Lipinski definition) is 6. The molecule has 1 aromatic carbocycles. The van der Waals surface area contributed by atoms with E-state index in [1.165, 1.54) is 6.26 Å². The first-order valence-corrected chi connectivity index (χ1v) is 9.35. The van der Waals surface area contributed by atoms with Crippen LogP contribution >= 0.6 is 0 Å². The minimum atomic E-state index is -0.241. The molecular weight excluding hydrogens is 358 g/mol. The Morgan fingerprint density at radius 1 is 1.36 bits per heavy atom. The van der Waals surface area contributed by atoms with Crippen molar-refractivity contribution < 1.29 is 18.7 Å². The highest BCUT2D eigenvalue weighted by atomic mass is 16.5. The summed E-state index contributed by atoms with van der Waals surface area (Å²) in [6, 6.07) is 9.57. The van der Waals surface area contributed by atoms with Crippen molar-refractivity contribution in [1.29, 1.82) is 0 Å². The van der Waals surface area contributed by atoms with Crippen molar-refractivity contribution in [2.24, 2.45) is 0 Å². The summed E-state index contributed by atoms with van der Waals surface area (Å²) >= 11 is 0. The second kappa shape index (κ2) is 7.59. The largest absolute Gasteiger partial charge is 0.484 e. The molecule has 0 radical (unpaired) electrons. The number of carbonyl (C=O) groups is 1. The van der Waals surface area contributed by atoms with E-state index in [9.17, 15) is 4.79 Å². The van der Waals surface area contributed by atoms with E-state index in [1.807, 2.05) is 44.2 Å². The van der Waals surface area contributed by atoms with Crippen LogP contribution in [0, 0.1) is 0 Å². The van der Waals surface area contributed by atoms with Crippen molar-refractivity contribution in [3.8, 4) is 5.75 Å². The molecule has 1 amide bonds. The van der Waals surface area contributed by atoms with Gasteiger partial charge in [-0.05, 0) is 51.0 Å². The molecule has 146 valence electrons. The van der Waals surface area contributed by atoms with Crippen LogP contribution in [0.5, 0.6) is 5.75 Å². The second-order valence-corrected chi connectivity index (χ2v) is 7.54. The van der Waals surface area contributed by atoms with Crippen LogP contribution in [0.2, 0.25) is 0 Å². The highest BCUT2D eigenvalue weighted by Gasteiger charge is 2.30. The van der Waals surface area contributed by atoms with E-state index >= 15 is 0 Å². The van der Waals surface area contributed by atoms with Gasteiger partial charge in [-0.2, -0.15) is 0 Å². The summed E-state index contributed by atoms with van der Waals surface area (Å²) in [5, 5.41) is 4.00. The fourth-order valence-electron chi connectivity index (χ4n) is 3.38. The molecular formula is C21H23N3O4. The maximum absolute atomic E-state index is 12.4. The summed E-state index contributed by atoms with van der Waals surface area (Å²) in [7, 11) is 0. The lowest BCUT2D eigenvalue weighted by Gasteiger charge is -2.35. The van der Waals surface area contributed by atoms with Gasteiger partial charge in [-0.25, -0.2) is 4.98 Å². The number of fused-ring (bicyclic) bond motifs is 1. The zero-order valence-corrected chi connectivity index (χ0v) is 16.0. The van der Waals surface area contributed by atoms with Crippen molar-refractivity contribution in [3.05, 3.63) is 54.4 Å². The van der Waals surface area contributed by atoms with Gasteiger partial charge in [-0.15, -0.1) is 0 Å². The lowest BCUT2D eigenvalue weighted by Crippen LogP contribution is -2.45. The first-order chi connectivity index (χ1) is 13.5. The van der Waals surface area contributed by atoms with Crippen molar-refractivity contribution in [3.63, 3.8) is 0 Å². The molecule has 1 N–H and O–H groups in total. The molecule has 1 aliphatic rings. The van der Waals surface area contributed by atoms with Gasteiger partial charge in [0, 0.05) is 24.2 Å². The van der Waals surface area contributed by atoms with Crippen LogP contribution < -0.4 is 10.1 Å². The number of oxazole rings is 1. The van der Waals surface area contributed by atoms with Crippen LogP contribution in [0.25, 0.3) is 10.9 Å². The second-order valence-electron chi connectivity index (χ2n) is 7.54. The minimum Gasteiger partial charge on any atom is -0.484 e. The van der Waals surface area contributed by atoms with Crippen molar-refractivity contribution in [2.75, 3.05) is 6.61 Å². The van der Waals surface area contributed by atoms with Gasteiger partial charge in [0.05, 0.1) is 11.1 Å².